The van der Waals surface area contributed by atoms with Crippen molar-refractivity contribution in [1.82, 2.24) is 0 Å². The first-order chi connectivity index (χ1) is 8.11. The number of hydrogen-bond acceptors (Lipinski definition) is 4. The number of ether oxygens (including phenoxy) is 2. The molecule has 17 heavy (non-hydrogen) atoms. The van der Waals surface area contributed by atoms with Crippen molar-refractivity contribution < 1.29 is 23.8 Å². The molecule has 5 heteroatoms. The summed E-state index contributed by atoms with van der Waals surface area (Å²) < 4.78 is 22.4. The first kappa shape index (κ1) is 13.4. The Bertz CT molecular complexity index is 367. The van der Waals surface area contributed by atoms with E-state index in [0.29, 0.717) is 5.75 Å². The predicted octanol–water partition coefficient (Wildman–Crippen LogP) is 1.52. The first-order valence-electron chi connectivity index (χ1n) is 5.25. The number of aliphatic hydroxyl groups excluding tert-OH is 1. The Labute approximate surface area is 99.0 Å². The fourth-order valence-corrected chi connectivity index (χ4v) is 1.25. The van der Waals surface area contributed by atoms with Crippen LogP contribution in [0.1, 0.15) is 12.8 Å². The lowest BCUT2D eigenvalue weighted by molar-refractivity contribution is -0.142. The summed E-state index contributed by atoms with van der Waals surface area (Å²) in [6, 6.07) is 5.73. The summed E-state index contributed by atoms with van der Waals surface area (Å²) in [4.78, 5) is 10.8. The smallest absolute Gasteiger partial charge is 0.308 e. The Balaban J connectivity index is 2.25. The summed E-state index contributed by atoms with van der Waals surface area (Å²) >= 11 is 0. The van der Waals surface area contributed by atoms with Crippen molar-refractivity contribution in [2.45, 2.75) is 18.9 Å². The molecule has 0 saturated heterocycles. The second-order valence-corrected chi connectivity index (χ2v) is 3.53. The molecule has 1 aromatic carbocycles. The average Bonchev–Trinajstić information content (AvgIpc) is 2.29. The molecule has 0 aliphatic rings. The van der Waals surface area contributed by atoms with E-state index in [0.717, 1.165) is 0 Å². The summed E-state index contributed by atoms with van der Waals surface area (Å²) in [6.45, 7) is 0.210. The van der Waals surface area contributed by atoms with Crippen LogP contribution in [0.15, 0.2) is 24.3 Å². The number of carbonyl (C=O) groups is 1. The third kappa shape index (κ3) is 5.31. The van der Waals surface area contributed by atoms with Crippen LogP contribution in [0.4, 0.5) is 4.39 Å². The quantitative estimate of drug-likeness (QED) is 0.768. The van der Waals surface area contributed by atoms with Crippen LogP contribution in [0, 0.1) is 5.82 Å². The van der Waals surface area contributed by atoms with Gasteiger partial charge in [0, 0.05) is 12.5 Å². The lowest BCUT2D eigenvalue weighted by atomic mass is 10.2. The van der Waals surface area contributed by atoms with Gasteiger partial charge in [0.2, 0.25) is 0 Å². The van der Waals surface area contributed by atoms with Crippen LogP contribution in [0.2, 0.25) is 0 Å². The molecule has 1 rings (SSSR count). The molecule has 0 spiro atoms. The van der Waals surface area contributed by atoms with Crippen LogP contribution < -0.4 is 4.74 Å². The summed E-state index contributed by atoms with van der Waals surface area (Å²) in [5, 5.41) is 9.43. The summed E-state index contributed by atoms with van der Waals surface area (Å²) in [5.74, 6) is -0.448. The second kappa shape index (κ2) is 6.85. The highest BCUT2D eigenvalue weighted by molar-refractivity contribution is 5.69. The molecule has 1 N–H and O–H groups in total. The Kier molecular flexibility index (Phi) is 5.42. The van der Waals surface area contributed by atoms with E-state index in [1.807, 2.05) is 0 Å². The van der Waals surface area contributed by atoms with Crippen LogP contribution in [0.5, 0.6) is 5.75 Å². The Morgan fingerprint density at radius 2 is 2.29 bits per heavy atom. The number of aliphatic hydroxyl groups is 1. The monoisotopic (exact) mass is 242 g/mol. The summed E-state index contributed by atoms with van der Waals surface area (Å²) in [6.07, 6.45) is -0.592. The molecule has 4 nitrogen and oxygen atoms in total. The molecule has 94 valence electrons. The van der Waals surface area contributed by atoms with Gasteiger partial charge in [0.15, 0.2) is 0 Å². The van der Waals surface area contributed by atoms with Crippen LogP contribution in [-0.2, 0) is 9.53 Å². The second-order valence-electron chi connectivity index (χ2n) is 3.53. The molecule has 0 heterocycles. The molecule has 0 bridgehead atoms. The van der Waals surface area contributed by atoms with E-state index in [1.54, 1.807) is 6.07 Å². The van der Waals surface area contributed by atoms with Crippen LogP contribution in [0.25, 0.3) is 0 Å². The molecule has 1 aromatic rings. The minimum atomic E-state index is -0.809. The maximum Gasteiger partial charge on any atom is 0.308 e. The number of halogens is 1. The largest absolute Gasteiger partial charge is 0.493 e. The van der Waals surface area contributed by atoms with Gasteiger partial charge in [-0.05, 0) is 12.1 Å². The zero-order valence-corrected chi connectivity index (χ0v) is 9.56. The van der Waals surface area contributed by atoms with Crippen molar-refractivity contribution in [2.75, 3.05) is 13.7 Å². The van der Waals surface area contributed by atoms with Gasteiger partial charge in [0.05, 0.1) is 26.2 Å². The fraction of sp³-hybridized carbons (Fsp3) is 0.417. The third-order valence-corrected chi connectivity index (χ3v) is 2.15. The zero-order chi connectivity index (χ0) is 12.7. The number of methoxy groups -OCH3 is 1. The van der Waals surface area contributed by atoms with Crippen molar-refractivity contribution >= 4 is 5.97 Å². The number of hydrogen-bond donors (Lipinski definition) is 1. The maximum atomic E-state index is 12.8. The van der Waals surface area contributed by atoms with E-state index in [2.05, 4.69) is 4.74 Å². The van der Waals surface area contributed by atoms with Crippen LogP contribution in [-0.4, -0.2) is 30.9 Å². The normalized spacial score (nSPS) is 11.9. The molecule has 0 radical (unpaired) electrons. The molecule has 0 unspecified atom stereocenters. The molecule has 0 amide bonds. The molecule has 0 aliphatic heterocycles. The SMILES string of the molecule is COC(=O)C[C@@H](O)CCOc1cccc(F)c1. The van der Waals surface area contributed by atoms with E-state index in [4.69, 9.17) is 4.74 Å². The average molecular weight is 242 g/mol. The topological polar surface area (TPSA) is 55.8 Å². The van der Waals surface area contributed by atoms with Gasteiger partial charge in [-0.2, -0.15) is 0 Å². The van der Waals surface area contributed by atoms with E-state index >= 15 is 0 Å². The molecular weight excluding hydrogens is 227 g/mol. The van der Waals surface area contributed by atoms with Crippen molar-refractivity contribution in [3.8, 4) is 5.75 Å². The van der Waals surface area contributed by atoms with Gasteiger partial charge in [-0.1, -0.05) is 6.07 Å². The molecule has 0 aromatic heterocycles. The summed E-state index contributed by atoms with van der Waals surface area (Å²) in [5.41, 5.74) is 0. The van der Waals surface area contributed by atoms with Gasteiger partial charge >= 0.3 is 5.97 Å². The molecule has 0 saturated carbocycles. The van der Waals surface area contributed by atoms with E-state index in [1.165, 1.54) is 25.3 Å². The van der Waals surface area contributed by atoms with Gasteiger partial charge in [-0.3, -0.25) is 4.79 Å². The molecule has 0 aliphatic carbocycles. The highest BCUT2D eigenvalue weighted by Gasteiger charge is 2.10. The molecule has 0 fully saturated rings. The van der Waals surface area contributed by atoms with Gasteiger partial charge in [-0.25, -0.2) is 4.39 Å². The van der Waals surface area contributed by atoms with Gasteiger partial charge < -0.3 is 14.6 Å². The minimum Gasteiger partial charge on any atom is -0.493 e. The molecule has 1 atom stereocenters. The Morgan fingerprint density at radius 1 is 1.53 bits per heavy atom. The van der Waals surface area contributed by atoms with Crippen LogP contribution in [0.3, 0.4) is 0 Å². The number of rotatable bonds is 6. The van der Waals surface area contributed by atoms with Gasteiger partial charge in [0.1, 0.15) is 11.6 Å². The van der Waals surface area contributed by atoms with E-state index in [-0.39, 0.29) is 25.3 Å². The zero-order valence-electron chi connectivity index (χ0n) is 9.56. The van der Waals surface area contributed by atoms with Crippen LogP contribution >= 0.6 is 0 Å². The van der Waals surface area contributed by atoms with Gasteiger partial charge in [-0.15, -0.1) is 0 Å². The van der Waals surface area contributed by atoms with Gasteiger partial charge in [0.25, 0.3) is 0 Å². The lowest BCUT2D eigenvalue weighted by Gasteiger charge is -2.10. The van der Waals surface area contributed by atoms with Crippen molar-refractivity contribution in [3.63, 3.8) is 0 Å². The number of benzene rings is 1. The Morgan fingerprint density at radius 3 is 2.94 bits per heavy atom. The van der Waals surface area contributed by atoms with Crippen molar-refractivity contribution in [1.29, 1.82) is 0 Å². The fourth-order valence-electron chi connectivity index (χ4n) is 1.25. The maximum absolute atomic E-state index is 12.8. The number of carbonyl (C=O) groups excluding carboxylic acids is 1. The van der Waals surface area contributed by atoms with E-state index < -0.39 is 12.1 Å². The number of esters is 1. The van der Waals surface area contributed by atoms with Crippen molar-refractivity contribution in [3.05, 3.63) is 30.1 Å². The third-order valence-electron chi connectivity index (χ3n) is 2.15. The summed E-state index contributed by atoms with van der Waals surface area (Å²) in [7, 11) is 1.26. The Hall–Kier alpha value is -1.62. The van der Waals surface area contributed by atoms with Crippen molar-refractivity contribution in [2.24, 2.45) is 0 Å². The standard InChI is InChI=1S/C12H15FO4/c1-16-12(15)8-10(14)5-6-17-11-4-2-3-9(13)7-11/h2-4,7,10,14H,5-6,8H2,1H3/t10-/m0/s1. The highest BCUT2D eigenvalue weighted by atomic mass is 19.1. The lowest BCUT2D eigenvalue weighted by Crippen LogP contribution is -2.17. The van der Waals surface area contributed by atoms with E-state index in [9.17, 15) is 14.3 Å². The highest BCUT2D eigenvalue weighted by Crippen LogP contribution is 2.12. The minimum absolute atomic E-state index is 0.0665. The molecular formula is C12H15FO4. The predicted molar refractivity (Wildman–Crippen MR) is 59.2 cm³/mol. The first-order valence-corrected chi connectivity index (χ1v) is 5.25.